The Kier molecular flexibility index (Phi) is 5.49. The minimum Gasteiger partial charge on any atom is -0.388 e. The summed E-state index contributed by atoms with van der Waals surface area (Å²) in [5.74, 6) is 0. The van der Waals surface area contributed by atoms with Crippen LogP contribution in [-0.2, 0) is 4.74 Å². The Morgan fingerprint density at radius 2 is 1.93 bits per heavy atom. The van der Waals surface area contributed by atoms with Gasteiger partial charge in [0.15, 0.2) is 12.6 Å². The van der Waals surface area contributed by atoms with Crippen LogP contribution in [0.4, 0.5) is 0 Å². The van der Waals surface area contributed by atoms with Crippen molar-refractivity contribution in [2.45, 2.75) is 63.3 Å². The van der Waals surface area contributed by atoms with Crippen molar-refractivity contribution in [1.29, 1.82) is 0 Å². The molecule has 0 aromatic rings. The average molecular weight is 220 g/mol. The average Bonchev–Trinajstić information content (AvgIpc) is 2.17. The fourth-order valence-corrected chi connectivity index (χ4v) is 1.79. The van der Waals surface area contributed by atoms with Gasteiger partial charge in [-0.2, -0.15) is 0 Å². The summed E-state index contributed by atoms with van der Waals surface area (Å²) in [4.78, 5) is 0. The van der Waals surface area contributed by atoms with E-state index in [0.717, 1.165) is 19.3 Å². The lowest BCUT2D eigenvalue weighted by Crippen LogP contribution is -2.28. The second-order valence-corrected chi connectivity index (χ2v) is 4.06. The SMILES string of the molecule is OC1CCCC(CCCC(O)C(O)O)O1. The van der Waals surface area contributed by atoms with E-state index in [4.69, 9.17) is 20.1 Å². The van der Waals surface area contributed by atoms with Gasteiger partial charge >= 0.3 is 0 Å². The van der Waals surface area contributed by atoms with Gasteiger partial charge in [-0.3, -0.25) is 0 Å². The van der Waals surface area contributed by atoms with Crippen LogP contribution >= 0.6 is 0 Å². The van der Waals surface area contributed by atoms with E-state index in [-0.39, 0.29) is 6.10 Å². The van der Waals surface area contributed by atoms with Crippen LogP contribution in [0.2, 0.25) is 0 Å². The van der Waals surface area contributed by atoms with Crippen LogP contribution in [0.3, 0.4) is 0 Å². The molecule has 0 radical (unpaired) electrons. The topological polar surface area (TPSA) is 90.2 Å². The third-order valence-electron chi connectivity index (χ3n) is 2.70. The summed E-state index contributed by atoms with van der Waals surface area (Å²) < 4.78 is 5.28. The first-order valence-corrected chi connectivity index (χ1v) is 5.47. The molecule has 5 nitrogen and oxygen atoms in total. The molecule has 1 aliphatic rings. The zero-order valence-corrected chi connectivity index (χ0v) is 8.75. The number of hydrogen-bond acceptors (Lipinski definition) is 5. The maximum absolute atomic E-state index is 9.22. The first-order valence-electron chi connectivity index (χ1n) is 5.47. The quantitative estimate of drug-likeness (QED) is 0.478. The predicted molar refractivity (Wildman–Crippen MR) is 52.8 cm³/mol. The molecule has 1 aliphatic heterocycles. The maximum atomic E-state index is 9.22. The molecule has 3 atom stereocenters. The van der Waals surface area contributed by atoms with Crippen molar-refractivity contribution in [2.24, 2.45) is 0 Å². The van der Waals surface area contributed by atoms with Gasteiger partial charge < -0.3 is 25.2 Å². The van der Waals surface area contributed by atoms with Gasteiger partial charge in [-0.15, -0.1) is 0 Å². The summed E-state index contributed by atoms with van der Waals surface area (Å²) in [6, 6.07) is 0. The lowest BCUT2D eigenvalue weighted by molar-refractivity contribution is -0.165. The first kappa shape index (κ1) is 12.9. The molecule has 4 N–H and O–H groups in total. The third-order valence-corrected chi connectivity index (χ3v) is 2.70. The molecular formula is C10H20O5. The Balaban J connectivity index is 2.09. The molecule has 0 aliphatic carbocycles. The predicted octanol–water partition coefficient (Wildman–Crippen LogP) is -0.284. The Bertz CT molecular complexity index is 173. The Hall–Kier alpha value is -0.200. The van der Waals surface area contributed by atoms with Crippen LogP contribution in [0.1, 0.15) is 38.5 Å². The van der Waals surface area contributed by atoms with E-state index in [1.54, 1.807) is 0 Å². The zero-order chi connectivity index (χ0) is 11.3. The summed E-state index contributed by atoms with van der Waals surface area (Å²) in [6.07, 6.45) is 0.945. The van der Waals surface area contributed by atoms with E-state index >= 15 is 0 Å². The third kappa shape index (κ3) is 4.90. The number of aliphatic hydroxyl groups is 4. The minimum atomic E-state index is -1.66. The largest absolute Gasteiger partial charge is 0.388 e. The van der Waals surface area contributed by atoms with Crippen LogP contribution < -0.4 is 0 Å². The zero-order valence-electron chi connectivity index (χ0n) is 8.75. The number of hydrogen-bond donors (Lipinski definition) is 4. The van der Waals surface area contributed by atoms with Crippen molar-refractivity contribution in [3.8, 4) is 0 Å². The monoisotopic (exact) mass is 220 g/mol. The summed E-state index contributed by atoms with van der Waals surface area (Å²) in [7, 11) is 0. The van der Waals surface area contributed by atoms with Crippen molar-refractivity contribution in [3.63, 3.8) is 0 Å². The van der Waals surface area contributed by atoms with Crippen molar-refractivity contribution >= 4 is 0 Å². The van der Waals surface area contributed by atoms with Gasteiger partial charge in [0.25, 0.3) is 0 Å². The van der Waals surface area contributed by atoms with Crippen LogP contribution in [0.15, 0.2) is 0 Å². The lowest BCUT2D eigenvalue weighted by atomic mass is 10.0. The van der Waals surface area contributed by atoms with Crippen LogP contribution in [-0.4, -0.2) is 45.2 Å². The van der Waals surface area contributed by atoms with Crippen molar-refractivity contribution in [2.75, 3.05) is 0 Å². The van der Waals surface area contributed by atoms with E-state index < -0.39 is 18.7 Å². The molecule has 5 heteroatoms. The molecule has 0 spiro atoms. The molecule has 0 aromatic carbocycles. The molecule has 0 saturated carbocycles. The Morgan fingerprint density at radius 3 is 2.53 bits per heavy atom. The molecule has 1 rings (SSSR count). The minimum absolute atomic E-state index is 0.0387. The smallest absolute Gasteiger partial charge is 0.178 e. The highest BCUT2D eigenvalue weighted by atomic mass is 16.6. The molecule has 0 amide bonds. The summed E-state index contributed by atoms with van der Waals surface area (Å²) in [5.41, 5.74) is 0. The van der Waals surface area contributed by atoms with Crippen molar-refractivity contribution < 1.29 is 25.2 Å². The molecule has 1 heterocycles. The molecule has 1 saturated heterocycles. The van der Waals surface area contributed by atoms with Gasteiger partial charge in [0, 0.05) is 0 Å². The maximum Gasteiger partial charge on any atom is 0.178 e. The van der Waals surface area contributed by atoms with E-state index in [0.29, 0.717) is 19.3 Å². The number of rotatable bonds is 5. The van der Waals surface area contributed by atoms with E-state index in [2.05, 4.69) is 0 Å². The fourth-order valence-electron chi connectivity index (χ4n) is 1.79. The molecule has 0 aromatic heterocycles. The highest BCUT2D eigenvalue weighted by molar-refractivity contribution is 4.67. The Labute approximate surface area is 89.3 Å². The van der Waals surface area contributed by atoms with E-state index in [1.807, 2.05) is 0 Å². The van der Waals surface area contributed by atoms with Gasteiger partial charge in [0.2, 0.25) is 0 Å². The van der Waals surface area contributed by atoms with Gasteiger partial charge in [0.1, 0.15) is 6.10 Å². The summed E-state index contributed by atoms with van der Waals surface area (Å²) in [5, 5.41) is 35.6. The number of aliphatic hydroxyl groups excluding tert-OH is 3. The first-order chi connectivity index (χ1) is 7.09. The molecular weight excluding hydrogens is 200 g/mol. The van der Waals surface area contributed by atoms with Crippen molar-refractivity contribution in [1.82, 2.24) is 0 Å². The lowest BCUT2D eigenvalue weighted by Gasteiger charge is -2.27. The normalized spacial score (nSPS) is 29.4. The molecule has 3 unspecified atom stereocenters. The van der Waals surface area contributed by atoms with E-state index in [1.165, 1.54) is 0 Å². The van der Waals surface area contributed by atoms with Gasteiger partial charge in [-0.1, -0.05) is 0 Å². The van der Waals surface area contributed by atoms with Gasteiger partial charge in [-0.25, -0.2) is 0 Å². The molecule has 90 valence electrons. The van der Waals surface area contributed by atoms with Crippen LogP contribution in [0.5, 0.6) is 0 Å². The fraction of sp³-hybridized carbons (Fsp3) is 1.00. The van der Waals surface area contributed by atoms with E-state index in [9.17, 15) is 5.11 Å². The Morgan fingerprint density at radius 1 is 1.20 bits per heavy atom. The molecule has 0 bridgehead atoms. The second-order valence-electron chi connectivity index (χ2n) is 4.06. The highest BCUT2D eigenvalue weighted by Crippen LogP contribution is 2.21. The van der Waals surface area contributed by atoms with Crippen LogP contribution in [0.25, 0.3) is 0 Å². The highest BCUT2D eigenvalue weighted by Gasteiger charge is 2.20. The van der Waals surface area contributed by atoms with Crippen molar-refractivity contribution in [3.05, 3.63) is 0 Å². The second kappa shape index (κ2) is 6.40. The van der Waals surface area contributed by atoms with Crippen LogP contribution in [0, 0.1) is 0 Å². The van der Waals surface area contributed by atoms with Gasteiger partial charge in [0.05, 0.1) is 6.10 Å². The summed E-state index contributed by atoms with van der Waals surface area (Å²) in [6.45, 7) is 0. The molecule has 1 fully saturated rings. The standard InChI is InChI=1S/C10H20O5/c11-8(10(13)14)5-1-3-7-4-2-6-9(12)15-7/h7-14H,1-6H2. The number of ether oxygens (including phenoxy) is 1. The summed E-state index contributed by atoms with van der Waals surface area (Å²) >= 11 is 0. The van der Waals surface area contributed by atoms with Gasteiger partial charge in [-0.05, 0) is 38.5 Å². The molecule has 15 heavy (non-hydrogen) atoms.